The highest BCUT2D eigenvalue weighted by molar-refractivity contribution is 4.83. The van der Waals surface area contributed by atoms with Crippen molar-refractivity contribution in [2.45, 2.75) is 24.4 Å². The monoisotopic (exact) mass is 180 g/mol. The van der Waals surface area contributed by atoms with Crippen molar-refractivity contribution in [2.24, 2.45) is 11.5 Å². The van der Waals surface area contributed by atoms with E-state index in [1.54, 1.807) is 0 Å². The fourth-order valence-electron chi connectivity index (χ4n) is 0.728. The van der Waals surface area contributed by atoms with E-state index in [0.29, 0.717) is 0 Å². The Morgan fingerprint density at radius 1 is 1.08 bits per heavy atom. The fourth-order valence-corrected chi connectivity index (χ4v) is 0.728. The minimum Gasteiger partial charge on any atom is -0.394 e. The molecule has 0 aliphatic rings. The molecule has 0 spiro atoms. The molecule has 12 heavy (non-hydrogen) atoms. The lowest BCUT2D eigenvalue weighted by atomic mass is 10.0. The van der Waals surface area contributed by atoms with Crippen molar-refractivity contribution in [3.05, 3.63) is 0 Å². The summed E-state index contributed by atoms with van der Waals surface area (Å²) in [6.45, 7) is -0.633. The topological polar surface area (TPSA) is 133 Å². The number of nitrogens with two attached hydrogens (primary N) is 2. The smallest absolute Gasteiger partial charge is 0.110 e. The summed E-state index contributed by atoms with van der Waals surface area (Å²) in [5.41, 5.74) is 10.4. The van der Waals surface area contributed by atoms with Crippen LogP contribution in [0.3, 0.4) is 0 Å². The number of hydrogen-bond acceptors (Lipinski definition) is 6. The van der Waals surface area contributed by atoms with Crippen LogP contribution in [-0.4, -0.2) is 57.9 Å². The first kappa shape index (κ1) is 11.8. The Morgan fingerprint density at radius 3 is 1.92 bits per heavy atom. The Balaban J connectivity index is 3.99. The third kappa shape index (κ3) is 3.02. The maximum Gasteiger partial charge on any atom is 0.110 e. The standard InChI is InChI=1S/C6H16N2O4/c7-1-3(8)5(11)6(12)4(10)2-9/h3-6,9-12H,1-2,7-8H2/t3-,4+,5-,6+/m0/s1. The van der Waals surface area contributed by atoms with Crippen LogP contribution in [0.15, 0.2) is 0 Å². The van der Waals surface area contributed by atoms with Crippen molar-refractivity contribution in [3.8, 4) is 0 Å². The zero-order valence-electron chi connectivity index (χ0n) is 6.67. The first-order valence-electron chi connectivity index (χ1n) is 3.65. The molecule has 0 aliphatic carbocycles. The minimum absolute atomic E-state index is 0.00360. The molecule has 6 heteroatoms. The van der Waals surface area contributed by atoms with Gasteiger partial charge in [0.1, 0.15) is 12.2 Å². The molecule has 0 aliphatic heterocycles. The molecule has 0 rings (SSSR count). The van der Waals surface area contributed by atoms with E-state index in [1.165, 1.54) is 0 Å². The molecule has 0 bridgehead atoms. The van der Waals surface area contributed by atoms with Gasteiger partial charge in [-0.1, -0.05) is 0 Å². The SMILES string of the molecule is NC[C@H](N)[C@H](O)[C@H](O)[C@H](O)CO. The average molecular weight is 180 g/mol. The second-order valence-electron chi connectivity index (χ2n) is 2.63. The van der Waals surface area contributed by atoms with Gasteiger partial charge in [0, 0.05) is 12.6 Å². The van der Waals surface area contributed by atoms with Gasteiger partial charge in [0.2, 0.25) is 0 Å². The van der Waals surface area contributed by atoms with E-state index in [2.05, 4.69) is 0 Å². The van der Waals surface area contributed by atoms with Gasteiger partial charge in [-0.3, -0.25) is 0 Å². The van der Waals surface area contributed by atoms with Gasteiger partial charge in [-0.2, -0.15) is 0 Å². The summed E-state index contributed by atoms with van der Waals surface area (Å²) in [5.74, 6) is 0. The van der Waals surface area contributed by atoms with E-state index >= 15 is 0 Å². The predicted molar refractivity (Wildman–Crippen MR) is 42.1 cm³/mol. The third-order valence-electron chi connectivity index (χ3n) is 1.64. The molecule has 0 amide bonds. The molecule has 0 radical (unpaired) electrons. The molecule has 0 aromatic carbocycles. The molecule has 0 aromatic rings. The molecule has 0 unspecified atom stereocenters. The average Bonchev–Trinajstić information content (AvgIpc) is 2.12. The summed E-state index contributed by atoms with van der Waals surface area (Å²) in [5, 5.41) is 35.6. The van der Waals surface area contributed by atoms with Crippen LogP contribution in [0.5, 0.6) is 0 Å². The van der Waals surface area contributed by atoms with E-state index in [1.807, 2.05) is 0 Å². The summed E-state index contributed by atoms with van der Waals surface area (Å²) in [7, 11) is 0. The van der Waals surface area contributed by atoms with E-state index < -0.39 is 31.0 Å². The predicted octanol–water partition coefficient (Wildman–Crippen LogP) is -3.65. The maximum atomic E-state index is 9.16. The van der Waals surface area contributed by atoms with Gasteiger partial charge in [0.15, 0.2) is 0 Å². The van der Waals surface area contributed by atoms with Crippen LogP contribution in [0.1, 0.15) is 0 Å². The molecule has 0 saturated carbocycles. The molecule has 0 heterocycles. The largest absolute Gasteiger partial charge is 0.394 e. The number of rotatable bonds is 5. The molecule has 74 valence electrons. The molecule has 4 atom stereocenters. The van der Waals surface area contributed by atoms with Gasteiger partial charge >= 0.3 is 0 Å². The quantitative estimate of drug-likeness (QED) is 0.258. The van der Waals surface area contributed by atoms with Crippen molar-refractivity contribution >= 4 is 0 Å². The molecular formula is C6H16N2O4. The summed E-state index contributed by atoms with van der Waals surface area (Å²) in [4.78, 5) is 0. The van der Waals surface area contributed by atoms with Crippen molar-refractivity contribution in [2.75, 3.05) is 13.2 Å². The van der Waals surface area contributed by atoms with E-state index in [0.717, 1.165) is 0 Å². The van der Waals surface area contributed by atoms with Crippen LogP contribution in [0.2, 0.25) is 0 Å². The molecule has 6 nitrogen and oxygen atoms in total. The normalized spacial score (nSPS) is 21.5. The van der Waals surface area contributed by atoms with Crippen LogP contribution in [0, 0.1) is 0 Å². The lowest BCUT2D eigenvalue weighted by molar-refractivity contribution is -0.0823. The van der Waals surface area contributed by atoms with Gasteiger partial charge < -0.3 is 31.9 Å². The van der Waals surface area contributed by atoms with E-state index in [4.69, 9.17) is 31.9 Å². The first-order valence-corrected chi connectivity index (χ1v) is 3.65. The van der Waals surface area contributed by atoms with Crippen LogP contribution >= 0.6 is 0 Å². The Labute approximate surface area is 70.4 Å². The summed E-state index contributed by atoms with van der Waals surface area (Å²) >= 11 is 0. The third-order valence-corrected chi connectivity index (χ3v) is 1.64. The van der Waals surface area contributed by atoms with E-state index in [-0.39, 0.29) is 6.54 Å². The Bertz CT molecular complexity index is 110. The molecular weight excluding hydrogens is 164 g/mol. The highest BCUT2D eigenvalue weighted by Crippen LogP contribution is 2.02. The lowest BCUT2D eigenvalue weighted by Gasteiger charge is -2.25. The second-order valence-corrected chi connectivity index (χ2v) is 2.63. The van der Waals surface area contributed by atoms with Crippen LogP contribution in [0.4, 0.5) is 0 Å². The fraction of sp³-hybridized carbons (Fsp3) is 1.00. The Morgan fingerprint density at radius 2 is 1.58 bits per heavy atom. The maximum absolute atomic E-state index is 9.16. The van der Waals surface area contributed by atoms with Crippen LogP contribution < -0.4 is 11.5 Å². The number of aliphatic hydroxyl groups is 4. The van der Waals surface area contributed by atoms with Gasteiger partial charge in [-0.05, 0) is 0 Å². The number of hydrogen-bond donors (Lipinski definition) is 6. The van der Waals surface area contributed by atoms with Gasteiger partial charge in [-0.15, -0.1) is 0 Å². The zero-order chi connectivity index (χ0) is 9.72. The second kappa shape index (κ2) is 5.41. The Hall–Kier alpha value is -0.240. The lowest BCUT2D eigenvalue weighted by Crippen LogP contribution is -2.52. The highest BCUT2D eigenvalue weighted by atomic mass is 16.4. The summed E-state index contributed by atoms with van der Waals surface area (Å²) in [6, 6.07) is -0.804. The Kier molecular flexibility index (Phi) is 5.31. The van der Waals surface area contributed by atoms with Crippen molar-refractivity contribution in [1.29, 1.82) is 0 Å². The minimum atomic E-state index is -1.46. The van der Waals surface area contributed by atoms with Crippen LogP contribution in [0.25, 0.3) is 0 Å². The van der Waals surface area contributed by atoms with Gasteiger partial charge in [-0.25, -0.2) is 0 Å². The van der Waals surface area contributed by atoms with Crippen molar-refractivity contribution in [3.63, 3.8) is 0 Å². The summed E-state index contributed by atoms with van der Waals surface area (Å²) in [6.07, 6.45) is -4.18. The van der Waals surface area contributed by atoms with Gasteiger partial charge in [0.25, 0.3) is 0 Å². The van der Waals surface area contributed by atoms with Crippen LogP contribution in [-0.2, 0) is 0 Å². The number of aliphatic hydroxyl groups excluding tert-OH is 4. The summed E-state index contributed by atoms with van der Waals surface area (Å²) < 4.78 is 0. The van der Waals surface area contributed by atoms with Gasteiger partial charge in [0.05, 0.1) is 12.7 Å². The first-order chi connectivity index (χ1) is 5.54. The molecule has 0 saturated heterocycles. The molecule has 0 fully saturated rings. The van der Waals surface area contributed by atoms with Crippen molar-refractivity contribution in [1.82, 2.24) is 0 Å². The van der Waals surface area contributed by atoms with Crippen molar-refractivity contribution < 1.29 is 20.4 Å². The zero-order valence-corrected chi connectivity index (χ0v) is 6.67. The highest BCUT2D eigenvalue weighted by Gasteiger charge is 2.27. The molecule has 8 N–H and O–H groups in total. The van der Waals surface area contributed by atoms with E-state index in [9.17, 15) is 0 Å². The molecule has 0 aromatic heterocycles.